The molecule has 0 saturated carbocycles. The molecule has 12 nitrogen and oxygen atoms in total. The van der Waals surface area contributed by atoms with Crippen molar-refractivity contribution in [1.82, 2.24) is 14.5 Å². The van der Waals surface area contributed by atoms with E-state index in [1.807, 2.05) is 48.0 Å². The molecule has 3 saturated heterocycles. The number of amides is 4. The fourth-order valence-corrected chi connectivity index (χ4v) is 7.15. The lowest BCUT2D eigenvalue weighted by Gasteiger charge is -2.37. The fourth-order valence-electron chi connectivity index (χ4n) is 6.60. The van der Waals surface area contributed by atoms with E-state index in [9.17, 15) is 14.4 Å². The standard InChI is InChI=1S/C37H38Cl2N6O6/c1-2-3-15-44-34(46)35(47)45(36(44)48)29-7-5-27(6-8-29)42-17-19-43(20-18-42)28-9-11-30(12-10-28)49-22-31-23-50-37(51-31,24-41-16-14-40-25-41)32-13-4-26(38)21-33(32)39/h4-14,16,21,25,31H,2-3,15,17-20,22-24H2,1H3. The van der Waals surface area contributed by atoms with Crippen molar-refractivity contribution in [3.8, 4) is 5.75 Å². The summed E-state index contributed by atoms with van der Waals surface area (Å²) in [7, 11) is 0. The van der Waals surface area contributed by atoms with Gasteiger partial charge in [-0.1, -0.05) is 42.6 Å². The molecule has 0 spiro atoms. The van der Waals surface area contributed by atoms with Crippen LogP contribution in [0, 0.1) is 0 Å². The minimum absolute atomic E-state index is 0.246. The van der Waals surface area contributed by atoms with Gasteiger partial charge < -0.3 is 28.6 Å². The average Bonchev–Trinajstić information content (AvgIpc) is 3.86. The predicted octanol–water partition coefficient (Wildman–Crippen LogP) is 5.96. The zero-order valence-electron chi connectivity index (χ0n) is 28.1. The summed E-state index contributed by atoms with van der Waals surface area (Å²) in [5.41, 5.74) is 3.17. The molecule has 266 valence electrons. The molecular weight excluding hydrogens is 695 g/mol. The van der Waals surface area contributed by atoms with Crippen LogP contribution in [0.5, 0.6) is 5.75 Å². The quantitative estimate of drug-likeness (QED) is 0.129. The molecule has 1 aromatic heterocycles. The Bertz CT molecular complexity index is 1870. The average molecular weight is 734 g/mol. The highest BCUT2D eigenvalue weighted by atomic mass is 35.5. The summed E-state index contributed by atoms with van der Waals surface area (Å²) in [6.45, 7) is 6.40. The van der Waals surface area contributed by atoms with Crippen LogP contribution in [0.25, 0.3) is 0 Å². The van der Waals surface area contributed by atoms with E-state index in [0.717, 1.165) is 59.5 Å². The molecule has 3 fully saturated rings. The van der Waals surface area contributed by atoms with Crippen molar-refractivity contribution in [2.45, 2.75) is 38.2 Å². The molecule has 2 unspecified atom stereocenters. The third kappa shape index (κ3) is 7.27. The third-order valence-electron chi connectivity index (χ3n) is 9.33. The molecule has 0 radical (unpaired) electrons. The van der Waals surface area contributed by atoms with Crippen LogP contribution in [0.3, 0.4) is 0 Å². The van der Waals surface area contributed by atoms with E-state index in [4.69, 9.17) is 37.4 Å². The molecule has 4 heterocycles. The lowest BCUT2D eigenvalue weighted by Crippen LogP contribution is -2.46. The summed E-state index contributed by atoms with van der Waals surface area (Å²) in [5.74, 6) is -1.97. The van der Waals surface area contributed by atoms with Crippen LogP contribution in [0.2, 0.25) is 10.0 Å². The van der Waals surface area contributed by atoms with E-state index in [2.05, 4.69) is 26.9 Å². The Balaban J connectivity index is 0.916. The smallest absolute Gasteiger partial charge is 0.338 e. The van der Waals surface area contributed by atoms with E-state index in [1.165, 1.54) is 0 Å². The number of aromatic nitrogens is 2. The van der Waals surface area contributed by atoms with Crippen molar-refractivity contribution in [3.05, 3.63) is 101 Å². The molecule has 2 atom stereocenters. The Morgan fingerprint density at radius 1 is 0.882 bits per heavy atom. The lowest BCUT2D eigenvalue weighted by atomic mass is 10.1. The van der Waals surface area contributed by atoms with Gasteiger partial charge in [0.2, 0.25) is 5.79 Å². The third-order valence-corrected chi connectivity index (χ3v) is 9.88. The number of hydrogen-bond acceptors (Lipinski definition) is 9. The molecule has 7 rings (SSSR count). The first kappa shape index (κ1) is 34.8. The van der Waals surface area contributed by atoms with Gasteiger partial charge in [0.25, 0.3) is 0 Å². The number of rotatable bonds is 12. The summed E-state index contributed by atoms with van der Waals surface area (Å²) in [4.78, 5) is 48.5. The second kappa shape index (κ2) is 14.9. The Hall–Kier alpha value is -4.62. The molecule has 3 aliphatic heterocycles. The minimum atomic E-state index is -1.12. The van der Waals surface area contributed by atoms with E-state index in [0.29, 0.717) is 47.5 Å². The zero-order valence-corrected chi connectivity index (χ0v) is 29.6. The summed E-state index contributed by atoms with van der Waals surface area (Å²) < 4.78 is 20.8. The maximum atomic E-state index is 12.8. The van der Waals surface area contributed by atoms with Gasteiger partial charge in [0, 0.05) is 67.1 Å². The van der Waals surface area contributed by atoms with Crippen LogP contribution in [-0.4, -0.2) is 84.3 Å². The van der Waals surface area contributed by atoms with Crippen LogP contribution < -0.4 is 19.4 Å². The number of urea groups is 1. The summed E-state index contributed by atoms with van der Waals surface area (Å²) in [5, 5.41) is 0.987. The number of piperazine rings is 1. The number of anilines is 3. The van der Waals surface area contributed by atoms with Crippen molar-refractivity contribution < 1.29 is 28.6 Å². The van der Waals surface area contributed by atoms with E-state index in [1.54, 1.807) is 36.8 Å². The monoisotopic (exact) mass is 732 g/mol. The first-order valence-electron chi connectivity index (χ1n) is 17.0. The summed E-state index contributed by atoms with van der Waals surface area (Å²) >= 11 is 12.8. The van der Waals surface area contributed by atoms with Crippen LogP contribution >= 0.6 is 23.2 Å². The van der Waals surface area contributed by atoms with Gasteiger partial charge in [0.15, 0.2) is 0 Å². The second-order valence-corrected chi connectivity index (χ2v) is 13.5. The zero-order chi connectivity index (χ0) is 35.5. The predicted molar refractivity (Wildman–Crippen MR) is 193 cm³/mol. The highest BCUT2D eigenvalue weighted by Crippen LogP contribution is 2.40. The summed E-state index contributed by atoms with van der Waals surface area (Å²) in [6.07, 6.45) is 6.39. The SMILES string of the molecule is CCCCN1C(=O)C(=O)N(c2ccc(N3CCN(c4ccc(OCC5COC(Cn6ccnc6)(c6ccc(Cl)cc6Cl)O5)cc4)CC3)cc2)C1=O. The molecule has 51 heavy (non-hydrogen) atoms. The van der Waals surface area contributed by atoms with Crippen LogP contribution in [0.15, 0.2) is 85.5 Å². The topological polar surface area (TPSA) is 110 Å². The number of nitrogens with zero attached hydrogens (tertiary/aromatic N) is 6. The van der Waals surface area contributed by atoms with Crippen molar-refractivity contribution in [1.29, 1.82) is 0 Å². The number of ether oxygens (including phenoxy) is 3. The normalized spacial score (nSPS) is 20.9. The Morgan fingerprint density at radius 2 is 1.55 bits per heavy atom. The maximum Gasteiger partial charge on any atom is 0.338 e. The van der Waals surface area contributed by atoms with E-state index in [-0.39, 0.29) is 12.6 Å². The Labute approximate surface area is 306 Å². The second-order valence-electron chi connectivity index (χ2n) is 12.7. The van der Waals surface area contributed by atoms with Gasteiger partial charge in [-0.25, -0.2) is 14.7 Å². The number of imide groups is 2. The fraction of sp³-hybridized carbons (Fsp3) is 0.351. The Morgan fingerprint density at radius 3 is 2.18 bits per heavy atom. The number of hydrogen-bond donors (Lipinski definition) is 0. The molecular formula is C37H38Cl2N6O6. The number of carbonyl (C=O) groups is 3. The van der Waals surface area contributed by atoms with Crippen LogP contribution in [0.4, 0.5) is 21.9 Å². The van der Waals surface area contributed by atoms with Crippen molar-refractivity contribution in [3.63, 3.8) is 0 Å². The van der Waals surface area contributed by atoms with E-state index >= 15 is 0 Å². The van der Waals surface area contributed by atoms with E-state index < -0.39 is 23.6 Å². The molecule has 0 aliphatic carbocycles. The van der Waals surface area contributed by atoms with Crippen molar-refractivity contribution in [2.75, 3.05) is 60.6 Å². The number of imidazole rings is 1. The number of halogens is 2. The highest BCUT2D eigenvalue weighted by Gasteiger charge is 2.46. The number of benzene rings is 3. The molecule has 3 aromatic carbocycles. The molecule has 4 aromatic rings. The Kier molecular flexibility index (Phi) is 10.2. The van der Waals surface area contributed by atoms with Crippen molar-refractivity contribution >= 4 is 58.1 Å². The van der Waals surface area contributed by atoms with Gasteiger partial charge in [-0.15, -0.1) is 0 Å². The first-order valence-corrected chi connectivity index (χ1v) is 17.8. The maximum absolute atomic E-state index is 12.8. The van der Waals surface area contributed by atoms with Crippen molar-refractivity contribution in [2.24, 2.45) is 0 Å². The molecule has 0 bridgehead atoms. The van der Waals surface area contributed by atoms with Gasteiger partial charge in [-0.2, -0.15) is 0 Å². The van der Waals surface area contributed by atoms with Crippen LogP contribution in [-0.2, 0) is 31.4 Å². The van der Waals surface area contributed by atoms with Gasteiger partial charge in [0.1, 0.15) is 18.5 Å². The molecule has 14 heteroatoms. The highest BCUT2D eigenvalue weighted by molar-refractivity contribution is 6.52. The minimum Gasteiger partial charge on any atom is -0.491 e. The summed E-state index contributed by atoms with van der Waals surface area (Å²) in [6, 6.07) is 19.9. The van der Waals surface area contributed by atoms with Gasteiger partial charge >= 0.3 is 17.8 Å². The van der Waals surface area contributed by atoms with Gasteiger partial charge in [-0.05, 0) is 67.1 Å². The van der Waals surface area contributed by atoms with Crippen LogP contribution in [0.1, 0.15) is 25.3 Å². The largest absolute Gasteiger partial charge is 0.491 e. The molecule has 0 N–H and O–H groups in total. The lowest BCUT2D eigenvalue weighted by molar-refractivity contribution is -0.189. The number of carbonyl (C=O) groups excluding carboxylic acids is 3. The van der Waals surface area contributed by atoms with Gasteiger partial charge in [-0.3, -0.25) is 14.5 Å². The first-order chi connectivity index (χ1) is 24.7. The number of unbranched alkanes of at least 4 members (excludes halogenated alkanes) is 1. The molecule has 3 aliphatic rings. The molecule has 4 amide bonds. The van der Waals surface area contributed by atoms with Gasteiger partial charge in [0.05, 0.1) is 30.2 Å².